The van der Waals surface area contributed by atoms with E-state index in [4.69, 9.17) is 33.7 Å². The third kappa shape index (κ3) is 4.38. The summed E-state index contributed by atoms with van der Waals surface area (Å²) in [6.07, 6.45) is 0. The molecule has 5 aromatic carbocycles. The molecule has 0 bridgehead atoms. The summed E-state index contributed by atoms with van der Waals surface area (Å²) < 4.78 is 8.40. The molecular formula is C32H21Cl2N2O2. The van der Waals surface area contributed by atoms with Gasteiger partial charge in [0.15, 0.2) is 0 Å². The minimum atomic E-state index is -0.485. The monoisotopic (exact) mass is 535 g/mol. The van der Waals surface area contributed by atoms with Gasteiger partial charge in [0.25, 0.3) is 0 Å². The number of ether oxygens (including phenoxy) is 1. The number of carbonyl (C=O) groups excluding carboxylic acids is 1. The maximum atomic E-state index is 12.4. The zero-order chi connectivity index (χ0) is 26.2. The molecule has 1 heterocycles. The lowest BCUT2D eigenvalue weighted by Gasteiger charge is -2.14. The number of carbonyl (C=O) groups is 1. The lowest BCUT2D eigenvalue weighted by Crippen LogP contribution is -2.11. The number of fused-ring (bicyclic) bond motifs is 3. The Morgan fingerprint density at radius 1 is 0.868 bits per heavy atom. The molecule has 6 rings (SSSR count). The molecule has 0 aliphatic carbocycles. The second-order valence-corrected chi connectivity index (χ2v) is 9.79. The number of hydrogen-bond donors (Lipinski definition) is 1. The number of primary amides is 1. The molecule has 1 aromatic heterocycles. The van der Waals surface area contributed by atoms with E-state index in [-0.39, 0.29) is 0 Å². The zero-order valence-corrected chi connectivity index (χ0v) is 21.6. The molecule has 0 saturated carbocycles. The maximum absolute atomic E-state index is 12.4. The topological polar surface area (TPSA) is 57.2 Å². The van der Waals surface area contributed by atoms with E-state index in [1.54, 1.807) is 12.1 Å². The van der Waals surface area contributed by atoms with Gasteiger partial charge in [0.2, 0.25) is 5.91 Å². The molecule has 1 amide bonds. The minimum absolute atomic E-state index is 0.452. The van der Waals surface area contributed by atoms with Crippen LogP contribution in [0.25, 0.3) is 32.9 Å². The van der Waals surface area contributed by atoms with Gasteiger partial charge in [-0.1, -0.05) is 71.7 Å². The van der Waals surface area contributed by atoms with Gasteiger partial charge in [0.05, 0.1) is 17.6 Å². The van der Waals surface area contributed by atoms with Gasteiger partial charge in [-0.3, -0.25) is 4.79 Å². The third-order valence-corrected chi connectivity index (χ3v) is 7.12. The molecule has 0 aliphatic rings. The van der Waals surface area contributed by atoms with Crippen LogP contribution in [0.1, 0.15) is 15.9 Å². The first-order chi connectivity index (χ1) is 18.5. The Labute approximate surface area is 229 Å². The average Bonchev–Trinajstić information content (AvgIpc) is 3.23. The Kier molecular flexibility index (Phi) is 6.28. The summed E-state index contributed by atoms with van der Waals surface area (Å²) in [5.74, 6) is 1.02. The van der Waals surface area contributed by atoms with Gasteiger partial charge in [-0.25, -0.2) is 0 Å². The highest BCUT2D eigenvalue weighted by Gasteiger charge is 2.19. The van der Waals surface area contributed by atoms with Crippen LogP contribution in [0, 0.1) is 6.07 Å². The van der Waals surface area contributed by atoms with Crippen LogP contribution in [0.15, 0.2) is 103 Å². The number of hydrogen-bond acceptors (Lipinski definition) is 2. The van der Waals surface area contributed by atoms with Crippen molar-refractivity contribution in [1.82, 2.24) is 4.57 Å². The average molecular weight is 536 g/mol. The van der Waals surface area contributed by atoms with Crippen molar-refractivity contribution in [3.05, 3.63) is 130 Å². The SMILES string of the molecule is NC(=O)c1cccc2c1c1[c]cc(-c3ccc(Cl)cc3Cl)cc1n2Cc1ccccc1Oc1ccccc1. The van der Waals surface area contributed by atoms with E-state index in [1.807, 2.05) is 84.9 Å². The van der Waals surface area contributed by atoms with E-state index in [0.29, 0.717) is 22.2 Å². The van der Waals surface area contributed by atoms with E-state index in [1.165, 1.54) is 0 Å². The molecule has 6 aromatic rings. The highest BCUT2D eigenvalue weighted by atomic mass is 35.5. The van der Waals surface area contributed by atoms with Crippen LogP contribution in [0.2, 0.25) is 10.0 Å². The Balaban J connectivity index is 1.56. The Bertz CT molecular complexity index is 1830. The van der Waals surface area contributed by atoms with Crippen molar-refractivity contribution < 1.29 is 9.53 Å². The van der Waals surface area contributed by atoms with Gasteiger partial charge in [0.1, 0.15) is 11.5 Å². The van der Waals surface area contributed by atoms with Crippen molar-refractivity contribution in [2.75, 3.05) is 0 Å². The molecule has 6 heteroatoms. The predicted octanol–water partition coefficient (Wildman–Crippen LogP) is 8.51. The van der Waals surface area contributed by atoms with Crippen LogP contribution in [0.3, 0.4) is 0 Å². The molecule has 2 N–H and O–H groups in total. The first-order valence-electron chi connectivity index (χ1n) is 12.0. The first-order valence-corrected chi connectivity index (χ1v) is 12.8. The molecular weight excluding hydrogens is 515 g/mol. The zero-order valence-electron chi connectivity index (χ0n) is 20.1. The van der Waals surface area contributed by atoms with Crippen molar-refractivity contribution in [1.29, 1.82) is 0 Å². The molecule has 0 unspecified atom stereocenters. The Morgan fingerprint density at radius 3 is 2.45 bits per heavy atom. The van der Waals surface area contributed by atoms with Gasteiger partial charge >= 0.3 is 0 Å². The normalized spacial score (nSPS) is 11.2. The summed E-state index contributed by atoms with van der Waals surface area (Å²) in [4.78, 5) is 12.4. The van der Waals surface area contributed by atoms with Gasteiger partial charge in [0, 0.05) is 37.5 Å². The van der Waals surface area contributed by atoms with E-state index < -0.39 is 5.91 Å². The number of para-hydroxylation sites is 2. The molecule has 0 atom stereocenters. The van der Waals surface area contributed by atoms with Crippen LogP contribution in [0.5, 0.6) is 11.5 Å². The molecule has 4 nitrogen and oxygen atoms in total. The Hall–Kier alpha value is -4.25. The fraction of sp³-hybridized carbons (Fsp3) is 0.0312. The lowest BCUT2D eigenvalue weighted by atomic mass is 10.0. The second-order valence-electron chi connectivity index (χ2n) is 8.95. The molecule has 0 aliphatic heterocycles. The van der Waals surface area contributed by atoms with Crippen LogP contribution >= 0.6 is 23.2 Å². The largest absolute Gasteiger partial charge is 0.457 e. The van der Waals surface area contributed by atoms with Gasteiger partial charge < -0.3 is 15.0 Å². The van der Waals surface area contributed by atoms with Crippen LogP contribution in [-0.2, 0) is 6.54 Å². The Morgan fingerprint density at radius 2 is 1.66 bits per heavy atom. The number of rotatable bonds is 6. The van der Waals surface area contributed by atoms with Crippen molar-refractivity contribution in [3.63, 3.8) is 0 Å². The molecule has 0 spiro atoms. The van der Waals surface area contributed by atoms with Crippen molar-refractivity contribution >= 4 is 50.9 Å². The van der Waals surface area contributed by atoms with Crippen LogP contribution in [0.4, 0.5) is 0 Å². The molecule has 0 fully saturated rings. The summed E-state index contributed by atoms with van der Waals surface area (Å²) >= 11 is 12.7. The fourth-order valence-electron chi connectivity index (χ4n) is 4.83. The summed E-state index contributed by atoms with van der Waals surface area (Å²) in [5.41, 5.74) is 10.7. The maximum Gasteiger partial charge on any atom is 0.249 e. The van der Waals surface area contributed by atoms with Gasteiger partial charge in [-0.2, -0.15) is 0 Å². The number of halogens is 2. The number of aromatic nitrogens is 1. The highest BCUT2D eigenvalue weighted by molar-refractivity contribution is 6.36. The molecule has 38 heavy (non-hydrogen) atoms. The standard InChI is InChI=1S/C32H21Cl2N2O2/c33-22-14-16-24(27(34)18-22)20-13-15-25-29(17-20)36(28-11-6-10-26(31(25)28)32(35)37)19-21-7-4-5-12-30(21)38-23-8-2-1-3-9-23/h1-14,16-18H,19H2,(H2,35,37). The second kappa shape index (κ2) is 9.90. The quantitative estimate of drug-likeness (QED) is 0.232. The van der Waals surface area contributed by atoms with E-state index in [0.717, 1.165) is 50.0 Å². The molecule has 185 valence electrons. The molecule has 0 saturated heterocycles. The first kappa shape index (κ1) is 24.1. The minimum Gasteiger partial charge on any atom is -0.457 e. The van der Waals surface area contributed by atoms with Crippen molar-refractivity contribution in [2.24, 2.45) is 5.73 Å². The summed E-state index contributed by atoms with van der Waals surface area (Å²) in [5, 5.41) is 2.70. The number of benzene rings is 5. The smallest absolute Gasteiger partial charge is 0.249 e. The van der Waals surface area contributed by atoms with Gasteiger partial charge in [-0.05, 0) is 66.2 Å². The highest BCUT2D eigenvalue weighted by Crippen LogP contribution is 2.38. The fourth-order valence-corrected chi connectivity index (χ4v) is 5.35. The van der Waals surface area contributed by atoms with Crippen molar-refractivity contribution in [3.8, 4) is 22.6 Å². The van der Waals surface area contributed by atoms with E-state index >= 15 is 0 Å². The summed E-state index contributed by atoms with van der Waals surface area (Å²) in [7, 11) is 0. The van der Waals surface area contributed by atoms with E-state index in [2.05, 4.69) is 16.7 Å². The number of nitrogens with two attached hydrogens (primary N) is 1. The number of amides is 1. The summed E-state index contributed by atoms with van der Waals surface area (Å²) in [6.45, 7) is 0.497. The predicted molar refractivity (Wildman–Crippen MR) is 154 cm³/mol. The number of nitrogens with zero attached hydrogens (tertiary/aromatic N) is 1. The molecule has 1 radical (unpaired) electrons. The van der Waals surface area contributed by atoms with Crippen LogP contribution < -0.4 is 10.5 Å². The summed E-state index contributed by atoms with van der Waals surface area (Å²) in [6, 6.07) is 36.0. The third-order valence-electron chi connectivity index (χ3n) is 6.57. The van der Waals surface area contributed by atoms with Crippen molar-refractivity contribution in [2.45, 2.75) is 6.54 Å². The van der Waals surface area contributed by atoms with Gasteiger partial charge in [-0.15, -0.1) is 0 Å². The van der Waals surface area contributed by atoms with E-state index in [9.17, 15) is 4.79 Å². The lowest BCUT2D eigenvalue weighted by molar-refractivity contribution is 0.100. The van der Waals surface area contributed by atoms with Crippen LogP contribution in [-0.4, -0.2) is 10.5 Å².